The minimum atomic E-state index is -0.223. The van der Waals surface area contributed by atoms with Crippen LogP contribution in [0.4, 0.5) is 10.5 Å². The fraction of sp³-hybridized carbons (Fsp3) is 0.273. The Morgan fingerprint density at radius 3 is 2.55 bits per heavy atom. The van der Waals surface area contributed by atoms with Gasteiger partial charge in [-0.15, -0.1) is 0 Å². The molecule has 2 N–H and O–H groups in total. The summed E-state index contributed by atoms with van der Waals surface area (Å²) < 4.78 is 6.79. The number of urea groups is 1. The Hall–Kier alpha value is -2.80. The fourth-order valence-electron chi connectivity index (χ4n) is 3.64. The number of halogens is 1. The molecule has 0 aliphatic carbocycles. The zero-order valence-electron chi connectivity index (χ0n) is 16.1. The topological polar surface area (TPSA) is 74.6 Å². The van der Waals surface area contributed by atoms with E-state index < -0.39 is 0 Å². The number of carbonyl (C=O) groups excluding carboxylic acids is 2. The van der Waals surface area contributed by atoms with E-state index in [4.69, 9.17) is 4.42 Å². The monoisotopic (exact) mass is 455 g/mol. The number of aryl methyl sites for hydroxylation is 1. The predicted molar refractivity (Wildman–Crippen MR) is 116 cm³/mol. The molecule has 1 aliphatic rings. The third kappa shape index (κ3) is 4.29. The molecule has 7 heteroatoms. The van der Waals surface area contributed by atoms with E-state index in [0.717, 1.165) is 21.1 Å². The van der Waals surface area contributed by atoms with Crippen molar-refractivity contribution in [1.29, 1.82) is 0 Å². The second-order valence-corrected chi connectivity index (χ2v) is 8.14. The Morgan fingerprint density at radius 2 is 1.83 bits per heavy atom. The molecule has 0 radical (unpaired) electrons. The van der Waals surface area contributed by atoms with Gasteiger partial charge in [-0.1, -0.05) is 34.1 Å². The summed E-state index contributed by atoms with van der Waals surface area (Å²) in [6.07, 6.45) is 1.41. The van der Waals surface area contributed by atoms with Crippen LogP contribution in [0.1, 0.15) is 29.0 Å². The van der Waals surface area contributed by atoms with Crippen molar-refractivity contribution < 1.29 is 14.0 Å². The van der Waals surface area contributed by atoms with Crippen LogP contribution in [0.15, 0.2) is 57.4 Å². The highest BCUT2D eigenvalue weighted by Gasteiger charge is 2.28. The summed E-state index contributed by atoms with van der Waals surface area (Å²) in [6, 6.07) is 14.9. The summed E-state index contributed by atoms with van der Waals surface area (Å²) in [5.74, 6) is 0.299. The number of rotatable bonds is 3. The van der Waals surface area contributed by atoms with Gasteiger partial charge in [0.15, 0.2) is 5.76 Å². The van der Waals surface area contributed by atoms with Gasteiger partial charge >= 0.3 is 6.03 Å². The maximum atomic E-state index is 13.0. The summed E-state index contributed by atoms with van der Waals surface area (Å²) in [5.41, 5.74) is 2.32. The van der Waals surface area contributed by atoms with Gasteiger partial charge in [-0.05, 0) is 50.1 Å². The first-order chi connectivity index (χ1) is 14.0. The van der Waals surface area contributed by atoms with Gasteiger partial charge in [0.25, 0.3) is 5.91 Å². The number of nitrogens with zero attached hydrogens (tertiary/aromatic N) is 1. The molecular formula is C22H22BrN3O3. The molecule has 2 aromatic carbocycles. The number of hydrogen-bond donors (Lipinski definition) is 2. The van der Waals surface area contributed by atoms with Crippen LogP contribution >= 0.6 is 15.9 Å². The molecule has 1 aliphatic heterocycles. The van der Waals surface area contributed by atoms with Crippen molar-refractivity contribution in [3.63, 3.8) is 0 Å². The van der Waals surface area contributed by atoms with E-state index in [1.807, 2.05) is 55.5 Å². The summed E-state index contributed by atoms with van der Waals surface area (Å²) >= 11 is 3.46. The number of piperidine rings is 1. The SMILES string of the molecule is Cc1c(C(=O)N2CCC(NC(=O)Nc3ccccc3)CC2)oc2ccc(Br)cc12. The van der Waals surface area contributed by atoms with E-state index in [1.165, 1.54) is 0 Å². The van der Waals surface area contributed by atoms with E-state index in [9.17, 15) is 9.59 Å². The average Bonchev–Trinajstić information content (AvgIpc) is 3.05. The highest BCUT2D eigenvalue weighted by molar-refractivity contribution is 9.10. The van der Waals surface area contributed by atoms with Crippen LogP contribution < -0.4 is 10.6 Å². The van der Waals surface area contributed by atoms with Gasteiger partial charge in [0, 0.05) is 40.2 Å². The molecule has 1 saturated heterocycles. The van der Waals surface area contributed by atoms with Crippen LogP contribution in [0.25, 0.3) is 11.0 Å². The van der Waals surface area contributed by atoms with Gasteiger partial charge < -0.3 is 20.0 Å². The molecule has 29 heavy (non-hydrogen) atoms. The lowest BCUT2D eigenvalue weighted by molar-refractivity contribution is 0.0678. The molecular weight excluding hydrogens is 434 g/mol. The number of carbonyl (C=O) groups is 2. The number of para-hydroxylation sites is 1. The number of nitrogens with one attached hydrogen (secondary N) is 2. The van der Waals surface area contributed by atoms with E-state index >= 15 is 0 Å². The summed E-state index contributed by atoms with van der Waals surface area (Å²) in [5, 5.41) is 6.76. The molecule has 0 atom stereocenters. The smallest absolute Gasteiger partial charge is 0.319 e. The molecule has 1 fully saturated rings. The second kappa shape index (κ2) is 8.29. The number of fused-ring (bicyclic) bond motifs is 1. The zero-order chi connectivity index (χ0) is 20.4. The normalized spacial score (nSPS) is 14.8. The van der Waals surface area contributed by atoms with Crippen LogP contribution in [0.2, 0.25) is 0 Å². The molecule has 0 bridgehead atoms. The van der Waals surface area contributed by atoms with Crippen molar-refractivity contribution in [3.8, 4) is 0 Å². The molecule has 0 spiro atoms. The first-order valence-electron chi connectivity index (χ1n) is 9.62. The largest absolute Gasteiger partial charge is 0.451 e. The summed E-state index contributed by atoms with van der Waals surface area (Å²) in [7, 11) is 0. The van der Waals surface area contributed by atoms with E-state index in [0.29, 0.717) is 37.3 Å². The molecule has 150 valence electrons. The lowest BCUT2D eigenvalue weighted by Gasteiger charge is -2.32. The first-order valence-corrected chi connectivity index (χ1v) is 10.4. The lowest BCUT2D eigenvalue weighted by atomic mass is 10.0. The van der Waals surface area contributed by atoms with E-state index in [1.54, 1.807) is 4.90 Å². The molecule has 1 aromatic heterocycles. The van der Waals surface area contributed by atoms with Crippen LogP contribution in [-0.4, -0.2) is 36.0 Å². The maximum absolute atomic E-state index is 13.0. The fourth-order valence-corrected chi connectivity index (χ4v) is 4.00. The standard InChI is InChI=1S/C22H22BrN3O3/c1-14-18-13-15(23)7-8-19(18)29-20(14)21(27)26-11-9-17(10-12-26)25-22(28)24-16-5-3-2-4-6-16/h2-8,13,17H,9-12H2,1H3,(H2,24,25,28). The van der Waals surface area contributed by atoms with Gasteiger partial charge in [0.1, 0.15) is 5.58 Å². The molecule has 2 heterocycles. The van der Waals surface area contributed by atoms with Crippen LogP contribution in [-0.2, 0) is 0 Å². The van der Waals surface area contributed by atoms with Crippen molar-refractivity contribution in [2.45, 2.75) is 25.8 Å². The highest BCUT2D eigenvalue weighted by Crippen LogP contribution is 2.29. The molecule has 3 amide bonds. The molecule has 3 aromatic rings. The van der Waals surface area contributed by atoms with Gasteiger partial charge in [0.05, 0.1) is 0 Å². The third-order valence-corrected chi connectivity index (χ3v) is 5.73. The molecule has 6 nitrogen and oxygen atoms in total. The molecule has 0 saturated carbocycles. The van der Waals surface area contributed by atoms with Gasteiger partial charge in [-0.25, -0.2) is 4.79 Å². The van der Waals surface area contributed by atoms with Crippen LogP contribution in [0, 0.1) is 6.92 Å². The van der Waals surface area contributed by atoms with Crippen molar-refractivity contribution in [3.05, 3.63) is 64.3 Å². The first kappa shape index (κ1) is 19.5. The van der Waals surface area contributed by atoms with Crippen molar-refractivity contribution in [1.82, 2.24) is 10.2 Å². The minimum absolute atomic E-state index is 0.0375. The van der Waals surface area contributed by atoms with Gasteiger partial charge in [0.2, 0.25) is 0 Å². The average molecular weight is 456 g/mol. The number of amides is 3. The van der Waals surface area contributed by atoms with Gasteiger partial charge in [-0.3, -0.25) is 4.79 Å². The molecule has 0 unspecified atom stereocenters. The predicted octanol–water partition coefficient (Wildman–Crippen LogP) is 4.93. The number of furan rings is 1. The number of benzene rings is 2. The molecule has 4 rings (SSSR count). The zero-order valence-corrected chi connectivity index (χ0v) is 17.7. The highest BCUT2D eigenvalue weighted by atomic mass is 79.9. The van der Waals surface area contributed by atoms with Crippen LogP contribution in [0.5, 0.6) is 0 Å². The number of anilines is 1. The van der Waals surface area contributed by atoms with E-state index in [-0.39, 0.29) is 18.0 Å². The van der Waals surface area contributed by atoms with Crippen LogP contribution in [0.3, 0.4) is 0 Å². The summed E-state index contributed by atoms with van der Waals surface area (Å²) in [4.78, 5) is 26.9. The van der Waals surface area contributed by atoms with E-state index in [2.05, 4.69) is 26.6 Å². The Kier molecular flexibility index (Phi) is 5.58. The number of hydrogen-bond acceptors (Lipinski definition) is 3. The Balaban J connectivity index is 1.35. The van der Waals surface area contributed by atoms with Crippen molar-refractivity contribution in [2.75, 3.05) is 18.4 Å². The van der Waals surface area contributed by atoms with Crippen molar-refractivity contribution >= 4 is 44.5 Å². The Labute approximate surface area is 177 Å². The number of likely N-dealkylation sites (tertiary alicyclic amines) is 1. The Bertz CT molecular complexity index is 1040. The second-order valence-electron chi connectivity index (χ2n) is 7.23. The maximum Gasteiger partial charge on any atom is 0.319 e. The Morgan fingerprint density at radius 1 is 1.10 bits per heavy atom. The quantitative estimate of drug-likeness (QED) is 0.587. The minimum Gasteiger partial charge on any atom is -0.451 e. The van der Waals surface area contributed by atoms with Crippen molar-refractivity contribution in [2.24, 2.45) is 0 Å². The van der Waals surface area contributed by atoms with Gasteiger partial charge in [-0.2, -0.15) is 0 Å². The summed E-state index contributed by atoms with van der Waals surface area (Å²) in [6.45, 7) is 3.07. The third-order valence-electron chi connectivity index (χ3n) is 5.24. The lowest BCUT2D eigenvalue weighted by Crippen LogP contribution is -2.47.